The first-order valence-corrected chi connectivity index (χ1v) is 9.76. The SMILES string of the molecule is Cc1cccc(-c2nnc(SCC(=O)N(C)Cc3cccs3)n2C)c1. The second-order valence-corrected chi connectivity index (χ2v) is 7.83. The van der Waals surface area contributed by atoms with E-state index in [1.54, 1.807) is 16.2 Å². The predicted octanol–water partition coefficient (Wildman–Crippen LogP) is 3.60. The van der Waals surface area contributed by atoms with Crippen molar-refractivity contribution in [2.45, 2.75) is 18.6 Å². The number of hydrogen-bond donors (Lipinski definition) is 0. The van der Waals surface area contributed by atoms with Crippen molar-refractivity contribution >= 4 is 29.0 Å². The standard InChI is InChI=1S/C18H20N4OS2/c1-13-6-4-7-14(10-13)17-19-20-18(22(17)3)25-12-16(23)21(2)11-15-8-5-9-24-15/h4-10H,11-12H2,1-3H3. The maximum atomic E-state index is 12.3. The summed E-state index contributed by atoms with van der Waals surface area (Å²) in [5.41, 5.74) is 2.21. The lowest BCUT2D eigenvalue weighted by Crippen LogP contribution is -2.27. The van der Waals surface area contributed by atoms with Crippen LogP contribution in [0.3, 0.4) is 0 Å². The minimum atomic E-state index is 0.0819. The lowest BCUT2D eigenvalue weighted by Gasteiger charge is -2.15. The first kappa shape index (κ1) is 17.7. The number of hydrogen-bond acceptors (Lipinski definition) is 5. The number of thioether (sulfide) groups is 1. The van der Waals surface area contributed by atoms with E-state index in [-0.39, 0.29) is 5.91 Å². The molecule has 0 saturated carbocycles. The molecule has 0 spiro atoms. The molecule has 0 radical (unpaired) electrons. The maximum absolute atomic E-state index is 12.3. The molecule has 1 amide bonds. The van der Waals surface area contributed by atoms with Gasteiger partial charge in [0.05, 0.1) is 12.3 Å². The molecule has 0 bridgehead atoms. The summed E-state index contributed by atoms with van der Waals surface area (Å²) >= 11 is 3.08. The van der Waals surface area contributed by atoms with E-state index in [1.807, 2.05) is 48.3 Å². The summed E-state index contributed by atoms with van der Waals surface area (Å²) in [6, 6.07) is 12.2. The molecule has 0 aliphatic carbocycles. The van der Waals surface area contributed by atoms with Crippen molar-refractivity contribution in [3.05, 3.63) is 52.2 Å². The monoisotopic (exact) mass is 372 g/mol. The normalized spacial score (nSPS) is 10.8. The van der Waals surface area contributed by atoms with Gasteiger partial charge in [-0.15, -0.1) is 21.5 Å². The molecule has 25 heavy (non-hydrogen) atoms. The van der Waals surface area contributed by atoms with E-state index in [0.717, 1.165) is 16.5 Å². The van der Waals surface area contributed by atoms with E-state index in [1.165, 1.54) is 22.2 Å². The number of amides is 1. The zero-order valence-electron chi connectivity index (χ0n) is 14.5. The van der Waals surface area contributed by atoms with Gasteiger partial charge in [-0.25, -0.2) is 0 Å². The topological polar surface area (TPSA) is 51.0 Å². The number of rotatable bonds is 6. The molecule has 0 N–H and O–H groups in total. The number of carbonyl (C=O) groups is 1. The molecule has 3 rings (SSSR count). The largest absolute Gasteiger partial charge is 0.340 e. The molecule has 0 saturated heterocycles. The molecule has 0 unspecified atom stereocenters. The fourth-order valence-electron chi connectivity index (χ4n) is 2.44. The van der Waals surface area contributed by atoms with Crippen molar-refractivity contribution in [2.24, 2.45) is 7.05 Å². The lowest BCUT2D eigenvalue weighted by molar-refractivity contribution is -0.127. The molecule has 5 nitrogen and oxygen atoms in total. The molecule has 130 valence electrons. The second-order valence-electron chi connectivity index (χ2n) is 5.85. The number of nitrogens with zero attached hydrogens (tertiary/aromatic N) is 4. The fraction of sp³-hybridized carbons (Fsp3) is 0.278. The van der Waals surface area contributed by atoms with Gasteiger partial charge in [-0.2, -0.15) is 0 Å². The Balaban J connectivity index is 1.63. The van der Waals surface area contributed by atoms with Crippen molar-refractivity contribution in [1.82, 2.24) is 19.7 Å². The third-order valence-electron chi connectivity index (χ3n) is 3.83. The van der Waals surface area contributed by atoms with Gasteiger partial charge < -0.3 is 9.47 Å². The smallest absolute Gasteiger partial charge is 0.233 e. The van der Waals surface area contributed by atoms with Crippen LogP contribution < -0.4 is 0 Å². The van der Waals surface area contributed by atoms with E-state index >= 15 is 0 Å². The fourth-order valence-corrected chi connectivity index (χ4v) is 4.05. The average Bonchev–Trinajstić information content (AvgIpc) is 3.22. The van der Waals surface area contributed by atoms with Crippen LogP contribution in [0.5, 0.6) is 0 Å². The molecule has 0 aliphatic rings. The van der Waals surface area contributed by atoms with Crippen LogP contribution in [0.4, 0.5) is 0 Å². The number of carbonyl (C=O) groups excluding carboxylic acids is 1. The van der Waals surface area contributed by atoms with E-state index < -0.39 is 0 Å². The second kappa shape index (κ2) is 7.84. The van der Waals surface area contributed by atoms with Crippen LogP contribution in [0.2, 0.25) is 0 Å². The molecule has 0 fully saturated rings. The summed E-state index contributed by atoms with van der Waals surface area (Å²) in [4.78, 5) is 15.3. The Bertz CT molecular complexity index is 858. The third-order valence-corrected chi connectivity index (χ3v) is 5.70. The third kappa shape index (κ3) is 4.29. The number of aromatic nitrogens is 3. The maximum Gasteiger partial charge on any atom is 0.233 e. The Morgan fingerprint density at radius 3 is 2.84 bits per heavy atom. The summed E-state index contributed by atoms with van der Waals surface area (Å²) < 4.78 is 1.94. The molecular formula is C18H20N4OS2. The van der Waals surface area contributed by atoms with Crippen molar-refractivity contribution in [1.29, 1.82) is 0 Å². The van der Waals surface area contributed by atoms with Gasteiger partial charge in [0.25, 0.3) is 0 Å². The molecule has 2 heterocycles. The van der Waals surface area contributed by atoms with Crippen molar-refractivity contribution in [3.63, 3.8) is 0 Å². The predicted molar refractivity (Wildman–Crippen MR) is 103 cm³/mol. The Kier molecular flexibility index (Phi) is 5.55. The van der Waals surface area contributed by atoms with Crippen molar-refractivity contribution < 1.29 is 4.79 Å². The van der Waals surface area contributed by atoms with Crippen LogP contribution in [0, 0.1) is 6.92 Å². The van der Waals surface area contributed by atoms with Gasteiger partial charge in [-0.1, -0.05) is 41.6 Å². The van der Waals surface area contributed by atoms with Crippen LogP contribution >= 0.6 is 23.1 Å². The van der Waals surface area contributed by atoms with Gasteiger partial charge in [0.2, 0.25) is 5.91 Å². The minimum Gasteiger partial charge on any atom is -0.340 e. The number of thiophene rings is 1. The summed E-state index contributed by atoms with van der Waals surface area (Å²) in [6.45, 7) is 2.70. The molecule has 0 aliphatic heterocycles. The van der Waals surface area contributed by atoms with E-state index in [9.17, 15) is 4.79 Å². The molecule has 3 aromatic rings. The lowest BCUT2D eigenvalue weighted by atomic mass is 10.1. The van der Waals surface area contributed by atoms with Crippen molar-refractivity contribution in [3.8, 4) is 11.4 Å². The Morgan fingerprint density at radius 1 is 1.28 bits per heavy atom. The van der Waals surface area contributed by atoms with E-state index in [2.05, 4.69) is 29.3 Å². The quantitative estimate of drug-likeness (QED) is 0.620. The molecule has 2 aromatic heterocycles. The molecule has 7 heteroatoms. The highest BCUT2D eigenvalue weighted by molar-refractivity contribution is 7.99. The Labute approximate surface area is 155 Å². The summed E-state index contributed by atoms with van der Waals surface area (Å²) in [6.07, 6.45) is 0. The average molecular weight is 373 g/mol. The van der Waals surface area contributed by atoms with Crippen LogP contribution in [0.1, 0.15) is 10.4 Å². The Morgan fingerprint density at radius 2 is 2.12 bits per heavy atom. The Hall–Kier alpha value is -2.12. The summed E-state index contributed by atoms with van der Waals surface area (Å²) in [7, 11) is 3.76. The highest BCUT2D eigenvalue weighted by Gasteiger charge is 2.15. The minimum absolute atomic E-state index is 0.0819. The molecule has 0 atom stereocenters. The first-order chi connectivity index (χ1) is 12.0. The van der Waals surface area contributed by atoms with Gasteiger partial charge in [0.15, 0.2) is 11.0 Å². The van der Waals surface area contributed by atoms with Crippen LogP contribution in [-0.4, -0.2) is 38.4 Å². The first-order valence-electron chi connectivity index (χ1n) is 7.90. The van der Waals surface area contributed by atoms with Gasteiger partial charge in [-0.05, 0) is 24.4 Å². The number of aryl methyl sites for hydroxylation is 1. The molecular weight excluding hydrogens is 352 g/mol. The highest BCUT2D eigenvalue weighted by atomic mass is 32.2. The van der Waals surface area contributed by atoms with E-state index in [0.29, 0.717) is 12.3 Å². The highest BCUT2D eigenvalue weighted by Crippen LogP contribution is 2.23. The summed E-state index contributed by atoms with van der Waals surface area (Å²) in [5, 5.41) is 11.3. The molecule has 1 aromatic carbocycles. The zero-order valence-corrected chi connectivity index (χ0v) is 16.1. The van der Waals surface area contributed by atoms with Crippen molar-refractivity contribution in [2.75, 3.05) is 12.8 Å². The van der Waals surface area contributed by atoms with Crippen LogP contribution in [0.25, 0.3) is 11.4 Å². The van der Waals surface area contributed by atoms with Gasteiger partial charge in [-0.3, -0.25) is 4.79 Å². The van der Waals surface area contributed by atoms with E-state index in [4.69, 9.17) is 0 Å². The van der Waals surface area contributed by atoms with Gasteiger partial charge in [0.1, 0.15) is 0 Å². The van der Waals surface area contributed by atoms with Crippen LogP contribution in [0.15, 0.2) is 46.9 Å². The van der Waals surface area contributed by atoms with Gasteiger partial charge in [0, 0.05) is 24.5 Å². The number of benzene rings is 1. The zero-order chi connectivity index (χ0) is 17.8. The van der Waals surface area contributed by atoms with Crippen LogP contribution in [-0.2, 0) is 18.4 Å². The van der Waals surface area contributed by atoms with Gasteiger partial charge >= 0.3 is 0 Å². The summed E-state index contributed by atoms with van der Waals surface area (Å²) in [5.74, 6) is 1.24.